The summed E-state index contributed by atoms with van der Waals surface area (Å²) in [6, 6.07) is 0. The van der Waals surface area contributed by atoms with Gasteiger partial charge in [0.05, 0.1) is 0 Å². The van der Waals surface area contributed by atoms with Gasteiger partial charge in [-0.2, -0.15) is 0 Å². The molecule has 20 heavy (non-hydrogen) atoms. The van der Waals surface area contributed by atoms with Gasteiger partial charge in [-0.1, -0.05) is 38.5 Å². The zero-order valence-corrected chi connectivity index (χ0v) is 11.4. The van der Waals surface area contributed by atoms with Gasteiger partial charge in [-0.05, 0) is 37.5 Å². The molecule has 0 saturated heterocycles. The summed E-state index contributed by atoms with van der Waals surface area (Å²) >= 11 is 0. The molecule has 0 atom stereocenters. The summed E-state index contributed by atoms with van der Waals surface area (Å²) in [5.74, 6) is -2.56. The molecule has 0 heterocycles. The summed E-state index contributed by atoms with van der Waals surface area (Å²) in [5, 5.41) is 19.4. The third-order valence-electron chi connectivity index (χ3n) is 5.21. The van der Waals surface area contributed by atoms with Crippen LogP contribution in [0.25, 0.3) is 0 Å². The second-order valence-electron chi connectivity index (χ2n) is 6.15. The van der Waals surface area contributed by atoms with Gasteiger partial charge >= 0.3 is 60.8 Å². The average molecular weight is 408 g/mol. The van der Waals surface area contributed by atoms with Crippen LogP contribution >= 0.6 is 0 Å². The maximum atomic E-state index is 11.9. The predicted octanol–water partition coefficient (Wildman–Crippen LogP) is 2.39. The van der Waals surface area contributed by atoms with Gasteiger partial charge in [0.1, 0.15) is 0 Å². The van der Waals surface area contributed by atoms with Gasteiger partial charge in [0.15, 0.2) is 5.41 Å². The van der Waals surface area contributed by atoms with Crippen LogP contribution in [-0.4, -0.2) is 71.0 Å². The Kier molecular flexibility index (Phi) is 7.63. The van der Waals surface area contributed by atoms with Crippen LogP contribution in [0.15, 0.2) is 0 Å². The Bertz CT molecular complexity index is 310. The molecule has 2 aliphatic rings. The first-order valence-electron chi connectivity index (χ1n) is 7.57. The third kappa shape index (κ3) is 3.46. The van der Waals surface area contributed by atoms with E-state index in [2.05, 4.69) is 0 Å². The number of hydrogen-bond donors (Lipinski definition) is 2. The minimum atomic E-state index is -1.53. The van der Waals surface area contributed by atoms with E-state index >= 15 is 0 Å². The fourth-order valence-corrected chi connectivity index (χ4v) is 4.24. The van der Waals surface area contributed by atoms with Crippen molar-refractivity contribution < 1.29 is 19.8 Å². The minimum absolute atomic E-state index is 0. The Morgan fingerprint density at radius 1 is 0.700 bits per heavy atom. The van der Waals surface area contributed by atoms with Crippen LogP contribution in [0.3, 0.4) is 0 Å². The summed E-state index contributed by atoms with van der Waals surface area (Å²) in [4.78, 5) is 23.8. The van der Waals surface area contributed by atoms with E-state index in [1.165, 1.54) is 0 Å². The van der Waals surface area contributed by atoms with Crippen molar-refractivity contribution in [2.45, 2.75) is 64.2 Å². The normalized spacial score (nSPS) is 22.0. The predicted molar refractivity (Wildman–Crippen MR) is 79.4 cm³/mol. The number of aliphatic carboxylic acids is 2. The molecule has 2 fully saturated rings. The van der Waals surface area contributed by atoms with Gasteiger partial charge in [0.2, 0.25) is 0 Å². The molecule has 0 unspecified atom stereocenters. The topological polar surface area (TPSA) is 74.6 Å². The molecule has 112 valence electrons. The number of carbonyl (C=O) groups is 2. The molecular weight excluding hydrogens is 381 g/mol. The monoisotopic (exact) mass is 408 g/mol. The molecule has 0 aliphatic heterocycles. The quantitative estimate of drug-likeness (QED) is 0.554. The number of rotatable bonds is 4. The SMILES string of the molecule is O=C(O)C(C(=O)O)(C1CCCCC1)C1CCCCC1.[BaH2]. The molecule has 0 radical (unpaired) electrons. The second kappa shape index (κ2) is 8.22. The molecule has 0 aromatic rings. The van der Waals surface area contributed by atoms with E-state index < -0.39 is 17.4 Å². The maximum absolute atomic E-state index is 11.9. The third-order valence-corrected chi connectivity index (χ3v) is 5.21. The molecule has 0 aromatic carbocycles. The Balaban J connectivity index is 0.00000200. The molecule has 2 saturated carbocycles. The molecular formula is C15H26BaO4. The van der Waals surface area contributed by atoms with E-state index in [-0.39, 0.29) is 60.7 Å². The Labute approximate surface area is 160 Å². The van der Waals surface area contributed by atoms with Gasteiger partial charge in [-0.3, -0.25) is 9.59 Å². The summed E-state index contributed by atoms with van der Waals surface area (Å²) in [5.41, 5.74) is -1.53. The zero-order chi connectivity index (χ0) is 13.9. The van der Waals surface area contributed by atoms with Crippen molar-refractivity contribution in [3.8, 4) is 0 Å². The molecule has 0 amide bonds. The fraction of sp³-hybridized carbons (Fsp3) is 0.867. The van der Waals surface area contributed by atoms with Gasteiger partial charge < -0.3 is 10.2 Å². The van der Waals surface area contributed by atoms with Crippen LogP contribution in [0.4, 0.5) is 0 Å². The van der Waals surface area contributed by atoms with E-state index in [0.29, 0.717) is 0 Å². The summed E-state index contributed by atoms with van der Waals surface area (Å²) in [7, 11) is 0. The van der Waals surface area contributed by atoms with E-state index in [1.807, 2.05) is 0 Å². The Morgan fingerprint density at radius 3 is 1.25 bits per heavy atom. The van der Waals surface area contributed by atoms with Crippen LogP contribution in [0.5, 0.6) is 0 Å². The number of hydrogen-bond acceptors (Lipinski definition) is 2. The first-order valence-corrected chi connectivity index (χ1v) is 7.57. The van der Waals surface area contributed by atoms with Crippen molar-refractivity contribution in [3.63, 3.8) is 0 Å². The number of carboxylic acid groups (broad SMARTS) is 2. The molecule has 0 spiro atoms. The first kappa shape index (κ1) is 18.6. The Morgan fingerprint density at radius 2 is 1.00 bits per heavy atom. The molecule has 5 heteroatoms. The van der Waals surface area contributed by atoms with Crippen molar-refractivity contribution in [1.29, 1.82) is 0 Å². The zero-order valence-electron chi connectivity index (χ0n) is 11.4. The molecule has 0 bridgehead atoms. The summed E-state index contributed by atoms with van der Waals surface area (Å²) < 4.78 is 0. The van der Waals surface area contributed by atoms with Crippen LogP contribution < -0.4 is 0 Å². The molecule has 4 nitrogen and oxygen atoms in total. The van der Waals surface area contributed by atoms with Crippen molar-refractivity contribution in [3.05, 3.63) is 0 Å². The van der Waals surface area contributed by atoms with E-state index in [0.717, 1.165) is 64.2 Å². The van der Waals surface area contributed by atoms with Crippen LogP contribution in [-0.2, 0) is 9.59 Å². The van der Waals surface area contributed by atoms with Gasteiger partial charge in [-0.25, -0.2) is 0 Å². The van der Waals surface area contributed by atoms with E-state index in [1.54, 1.807) is 0 Å². The van der Waals surface area contributed by atoms with E-state index in [4.69, 9.17) is 0 Å². The van der Waals surface area contributed by atoms with Crippen LogP contribution in [0.1, 0.15) is 64.2 Å². The summed E-state index contributed by atoms with van der Waals surface area (Å²) in [6.45, 7) is 0. The van der Waals surface area contributed by atoms with Crippen molar-refractivity contribution in [2.75, 3.05) is 0 Å². The molecule has 2 N–H and O–H groups in total. The molecule has 2 rings (SSSR count). The number of carboxylic acids is 2. The summed E-state index contributed by atoms with van der Waals surface area (Å²) in [6.07, 6.45) is 9.14. The standard InChI is InChI=1S/C15H24O4.Ba.2H/c16-13(17)15(14(18)19,11-7-3-1-4-8-11)12-9-5-2-6-10-12;;;/h11-12H,1-10H2,(H,16,17)(H,18,19);;;. The van der Waals surface area contributed by atoms with Gasteiger partial charge in [-0.15, -0.1) is 0 Å². The van der Waals surface area contributed by atoms with Crippen LogP contribution in [0.2, 0.25) is 0 Å². The van der Waals surface area contributed by atoms with Gasteiger partial charge in [0, 0.05) is 0 Å². The Hall–Kier alpha value is 0.511. The van der Waals surface area contributed by atoms with Crippen molar-refractivity contribution >= 4 is 60.8 Å². The fourth-order valence-electron chi connectivity index (χ4n) is 4.24. The molecule has 2 aliphatic carbocycles. The molecule has 0 aromatic heterocycles. The van der Waals surface area contributed by atoms with Crippen molar-refractivity contribution in [1.82, 2.24) is 0 Å². The first-order chi connectivity index (χ1) is 9.10. The van der Waals surface area contributed by atoms with Crippen molar-refractivity contribution in [2.24, 2.45) is 17.3 Å². The second-order valence-corrected chi connectivity index (χ2v) is 6.15. The van der Waals surface area contributed by atoms with E-state index in [9.17, 15) is 19.8 Å². The average Bonchev–Trinajstić information content (AvgIpc) is 2.41. The van der Waals surface area contributed by atoms with Crippen LogP contribution in [0, 0.1) is 17.3 Å². The van der Waals surface area contributed by atoms with Gasteiger partial charge in [0.25, 0.3) is 0 Å².